The molecule has 2 aromatic carbocycles. The third kappa shape index (κ3) is 2.66. The molecule has 0 aliphatic heterocycles. The van der Waals surface area contributed by atoms with Gasteiger partial charge in [-0.25, -0.2) is 0 Å². The molecule has 18 heavy (non-hydrogen) atoms. The van der Waals surface area contributed by atoms with Gasteiger partial charge in [-0.15, -0.1) is 0 Å². The molecule has 0 aliphatic rings. The lowest BCUT2D eigenvalue weighted by Gasteiger charge is -2.12. The number of benzene rings is 2. The number of aliphatic hydroxyl groups excluding tert-OH is 1. The molecule has 0 heterocycles. The summed E-state index contributed by atoms with van der Waals surface area (Å²) in [4.78, 5) is 11.2. The predicted molar refractivity (Wildman–Crippen MR) is 71.7 cm³/mol. The predicted octanol–water partition coefficient (Wildman–Crippen LogP) is 3.28. The third-order valence-electron chi connectivity index (χ3n) is 3.03. The summed E-state index contributed by atoms with van der Waals surface area (Å²) in [6.45, 7) is 3.54. The van der Waals surface area contributed by atoms with Crippen molar-refractivity contribution in [2.75, 3.05) is 0 Å². The second-order valence-corrected chi connectivity index (χ2v) is 4.49. The minimum atomic E-state index is -0.647. The molecule has 0 unspecified atom stereocenters. The fourth-order valence-corrected chi connectivity index (χ4v) is 1.84. The highest BCUT2D eigenvalue weighted by atomic mass is 16.3. The number of aryl methyl sites for hydroxylation is 1. The quantitative estimate of drug-likeness (QED) is 0.836. The molecule has 0 saturated heterocycles. The average Bonchev–Trinajstić information content (AvgIpc) is 2.39. The molecule has 1 atom stereocenters. The fraction of sp³-hybridized carbons (Fsp3) is 0.188. The van der Waals surface area contributed by atoms with Crippen molar-refractivity contribution in [3.8, 4) is 0 Å². The number of hydrogen-bond donors (Lipinski definition) is 1. The Bertz CT molecular complexity index is 538. The summed E-state index contributed by atoms with van der Waals surface area (Å²) in [7, 11) is 0. The molecule has 92 valence electrons. The van der Waals surface area contributed by atoms with E-state index in [2.05, 4.69) is 0 Å². The van der Waals surface area contributed by atoms with Crippen LogP contribution < -0.4 is 0 Å². The smallest absolute Gasteiger partial charge is 0.159 e. The largest absolute Gasteiger partial charge is 0.384 e. The fourth-order valence-electron chi connectivity index (χ4n) is 1.84. The van der Waals surface area contributed by atoms with Gasteiger partial charge >= 0.3 is 0 Å². The van der Waals surface area contributed by atoms with Crippen LogP contribution in [0.1, 0.15) is 40.1 Å². The zero-order valence-corrected chi connectivity index (χ0v) is 10.6. The van der Waals surface area contributed by atoms with Gasteiger partial charge in [-0.1, -0.05) is 54.1 Å². The van der Waals surface area contributed by atoms with Gasteiger partial charge in [-0.3, -0.25) is 4.79 Å². The standard InChI is InChI=1S/C16H16O2/c1-11-3-5-14(6-4-11)16(18)15-9-7-13(8-10-15)12(2)17/h3-10,16,18H,1-2H3/t16-/m0/s1. The van der Waals surface area contributed by atoms with Crippen molar-refractivity contribution in [2.24, 2.45) is 0 Å². The Morgan fingerprint density at radius 1 is 0.944 bits per heavy atom. The van der Waals surface area contributed by atoms with E-state index in [1.165, 1.54) is 6.92 Å². The van der Waals surface area contributed by atoms with Crippen molar-refractivity contribution < 1.29 is 9.90 Å². The van der Waals surface area contributed by atoms with Gasteiger partial charge in [0.15, 0.2) is 5.78 Å². The maximum Gasteiger partial charge on any atom is 0.159 e. The maximum atomic E-state index is 11.2. The molecule has 0 aliphatic carbocycles. The Labute approximate surface area is 107 Å². The number of aliphatic hydroxyl groups is 1. The monoisotopic (exact) mass is 240 g/mol. The second-order valence-electron chi connectivity index (χ2n) is 4.49. The Kier molecular flexibility index (Phi) is 3.58. The van der Waals surface area contributed by atoms with Gasteiger partial charge in [0.05, 0.1) is 0 Å². The van der Waals surface area contributed by atoms with Crippen LogP contribution in [0.4, 0.5) is 0 Å². The summed E-state index contributed by atoms with van der Waals surface area (Å²) in [5, 5.41) is 10.2. The summed E-state index contributed by atoms with van der Waals surface area (Å²) < 4.78 is 0. The first-order valence-corrected chi connectivity index (χ1v) is 5.93. The second kappa shape index (κ2) is 5.15. The molecule has 0 saturated carbocycles. The van der Waals surface area contributed by atoms with Crippen molar-refractivity contribution >= 4 is 5.78 Å². The van der Waals surface area contributed by atoms with Crippen molar-refractivity contribution in [3.63, 3.8) is 0 Å². The molecule has 0 bridgehead atoms. The number of Topliss-reactive ketones (excluding diaryl/α,β-unsaturated/α-hetero) is 1. The van der Waals surface area contributed by atoms with E-state index >= 15 is 0 Å². The molecule has 0 amide bonds. The molecule has 0 spiro atoms. The molecule has 1 N–H and O–H groups in total. The van der Waals surface area contributed by atoms with Gasteiger partial charge in [0, 0.05) is 5.56 Å². The van der Waals surface area contributed by atoms with Crippen LogP contribution in [0.3, 0.4) is 0 Å². The first-order valence-electron chi connectivity index (χ1n) is 5.93. The van der Waals surface area contributed by atoms with Gasteiger partial charge in [-0.2, -0.15) is 0 Å². The third-order valence-corrected chi connectivity index (χ3v) is 3.03. The highest BCUT2D eigenvalue weighted by Crippen LogP contribution is 2.22. The Hall–Kier alpha value is -1.93. The van der Waals surface area contributed by atoms with Crippen LogP contribution in [0.15, 0.2) is 48.5 Å². The number of rotatable bonds is 3. The van der Waals surface area contributed by atoms with Gasteiger partial charge in [0.25, 0.3) is 0 Å². The highest BCUT2D eigenvalue weighted by molar-refractivity contribution is 5.94. The minimum Gasteiger partial charge on any atom is -0.384 e. The first-order chi connectivity index (χ1) is 8.58. The molecular formula is C16H16O2. The van der Waals surface area contributed by atoms with Crippen molar-refractivity contribution in [1.82, 2.24) is 0 Å². The molecule has 0 radical (unpaired) electrons. The molecule has 0 fully saturated rings. The molecule has 2 heteroatoms. The molecule has 2 nitrogen and oxygen atoms in total. The number of carbonyl (C=O) groups excluding carboxylic acids is 1. The van der Waals surface area contributed by atoms with E-state index in [1.807, 2.05) is 31.2 Å². The Morgan fingerprint density at radius 2 is 1.39 bits per heavy atom. The average molecular weight is 240 g/mol. The molecule has 2 rings (SSSR count). The van der Waals surface area contributed by atoms with Crippen LogP contribution in [-0.4, -0.2) is 10.9 Å². The number of hydrogen-bond acceptors (Lipinski definition) is 2. The van der Waals surface area contributed by atoms with E-state index < -0.39 is 6.10 Å². The minimum absolute atomic E-state index is 0.0337. The lowest BCUT2D eigenvalue weighted by Crippen LogP contribution is -2.00. The van der Waals surface area contributed by atoms with Crippen molar-refractivity contribution in [3.05, 3.63) is 70.8 Å². The molecule has 0 aromatic heterocycles. The zero-order chi connectivity index (χ0) is 13.1. The van der Waals surface area contributed by atoms with Crippen LogP contribution in [0.25, 0.3) is 0 Å². The van der Waals surface area contributed by atoms with E-state index in [0.29, 0.717) is 5.56 Å². The maximum absolute atomic E-state index is 11.2. The lowest BCUT2D eigenvalue weighted by atomic mass is 9.99. The van der Waals surface area contributed by atoms with E-state index in [1.54, 1.807) is 24.3 Å². The van der Waals surface area contributed by atoms with Crippen LogP contribution in [-0.2, 0) is 0 Å². The molecule has 2 aromatic rings. The normalized spacial score (nSPS) is 12.2. The van der Waals surface area contributed by atoms with Crippen LogP contribution in [0.2, 0.25) is 0 Å². The Balaban J connectivity index is 2.25. The van der Waals surface area contributed by atoms with Crippen molar-refractivity contribution in [2.45, 2.75) is 20.0 Å². The highest BCUT2D eigenvalue weighted by Gasteiger charge is 2.10. The topological polar surface area (TPSA) is 37.3 Å². The number of ketones is 1. The van der Waals surface area contributed by atoms with E-state index in [-0.39, 0.29) is 5.78 Å². The zero-order valence-electron chi connectivity index (χ0n) is 10.6. The van der Waals surface area contributed by atoms with Crippen LogP contribution in [0.5, 0.6) is 0 Å². The van der Waals surface area contributed by atoms with Crippen molar-refractivity contribution in [1.29, 1.82) is 0 Å². The van der Waals surface area contributed by atoms with E-state index in [4.69, 9.17) is 0 Å². The van der Waals surface area contributed by atoms with E-state index in [0.717, 1.165) is 16.7 Å². The van der Waals surface area contributed by atoms with Gasteiger partial charge in [0.2, 0.25) is 0 Å². The van der Waals surface area contributed by atoms with Crippen LogP contribution >= 0.6 is 0 Å². The summed E-state index contributed by atoms with van der Waals surface area (Å²) >= 11 is 0. The molecular weight excluding hydrogens is 224 g/mol. The Morgan fingerprint density at radius 3 is 1.83 bits per heavy atom. The summed E-state index contributed by atoms with van der Waals surface area (Å²) in [6, 6.07) is 14.9. The number of carbonyl (C=O) groups is 1. The van der Waals surface area contributed by atoms with E-state index in [9.17, 15) is 9.90 Å². The summed E-state index contributed by atoms with van der Waals surface area (Å²) in [5.41, 5.74) is 3.48. The summed E-state index contributed by atoms with van der Waals surface area (Å²) in [5.74, 6) is 0.0337. The SMILES string of the molecule is CC(=O)c1ccc([C@@H](O)c2ccc(C)cc2)cc1. The summed E-state index contributed by atoms with van der Waals surface area (Å²) in [6.07, 6.45) is -0.647. The lowest BCUT2D eigenvalue weighted by molar-refractivity contribution is 0.101. The van der Waals surface area contributed by atoms with Gasteiger partial charge in [-0.05, 0) is 25.0 Å². The van der Waals surface area contributed by atoms with Crippen LogP contribution in [0, 0.1) is 6.92 Å². The van der Waals surface area contributed by atoms with Gasteiger partial charge in [0.1, 0.15) is 6.10 Å². The van der Waals surface area contributed by atoms with Gasteiger partial charge < -0.3 is 5.11 Å². The first kappa shape index (κ1) is 12.5.